The molecule has 0 fully saturated rings. The van der Waals surface area contributed by atoms with Gasteiger partial charge < -0.3 is 19.9 Å². The highest BCUT2D eigenvalue weighted by Gasteiger charge is 2.27. The van der Waals surface area contributed by atoms with Crippen molar-refractivity contribution in [2.75, 3.05) is 13.2 Å². The third-order valence-corrected chi connectivity index (χ3v) is 5.96. The van der Waals surface area contributed by atoms with Crippen LogP contribution >= 0.6 is 23.2 Å². The molecule has 3 N–H and O–H groups in total. The SMILES string of the molecule is CCOc1ccc(C2=CC(c3cccc(OCC)c3O)NC(c3ccc(Cl)cc3Cl)N2)cc1. The summed E-state index contributed by atoms with van der Waals surface area (Å²) in [5.41, 5.74) is 3.45. The molecular weight excluding hydrogens is 459 g/mol. The molecule has 3 aromatic carbocycles. The summed E-state index contributed by atoms with van der Waals surface area (Å²) in [6.07, 6.45) is 1.72. The lowest BCUT2D eigenvalue weighted by atomic mass is 9.97. The highest BCUT2D eigenvalue weighted by atomic mass is 35.5. The van der Waals surface area contributed by atoms with E-state index in [0.717, 1.165) is 22.6 Å². The predicted octanol–water partition coefficient (Wildman–Crippen LogP) is 6.47. The number of aromatic hydroxyl groups is 1. The van der Waals surface area contributed by atoms with E-state index in [0.29, 0.717) is 34.6 Å². The third-order valence-electron chi connectivity index (χ3n) is 5.39. The molecule has 0 aromatic heterocycles. The van der Waals surface area contributed by atoms with Crippen LogP contribution in [0.1, 0.15) is 42.7 Å². The molecule has 0 saturated heterocycles. The molecule has 1 heterocycles. The Morgan fingerprint density at radius 3 is 2.36 bits per heavy atom. The van der Waals surface area contributed by atoms with Crippen LogP contribution in [-0.2, 0) is 0 Å². The number of benzene rings is 3. The fraction of sp³-hybridized carbons (Fsp3) is 0.231. The maximum absolute atomic E-state index is 10.9. The average Bonchev–Trinajstić information content (AvgIpc) is 2.81. The minimum atomic E-state index is -0.318. The maximum Gasteiger partial charge on any atom is 0.162 e. The Bertz CT molecular complexity index is 1150. The van der Waals surface area contributed by atoms with Gasteiger partial charge in [-0.2, -0.15) is 0 Å². The lowest BCUT2D eigenvalue weighted by Crippen LogP contribution is -2.39. The zero-order chi connectivity index (χ0) is 23.4. The second kappa shape index (κ2) is 10.4. The molecular formula is C26H26Cl2N2O3. The number of hydrogen-bond donors (Lipinski definition) is 3. The van der Waals surface area contributed by atoms with Crippen molar-refractivity contribution >= 4 is 28.9 Å². The van der Waals surface area contributed by atoms with Crippen LogP contribution in [0.15, 0.2) is 66.7 Å². The van der Waals surface area contributed by atoms with Gasteiger partial charge in [0.15, 0.2) is 11.5 Å². The molecule has 7 heteroatoms. The van der Waals surface area contributed by atoms with Crippen molar-refractivity contribution in [3.05, 3.63) is 93.5 Å². The van der Waals surface area contributed by atoms with Gasteiger partial charge >= 0.3 is 0 Å². The molecule has 1 aliphatic rings. The van der Waals surface area contributed by atoms with E-state index < -0.39 is 0 Å². The largest absolute Gasteiger partial charge is 0.504 e. The van der Waals surface area contributed by atoms with Crippen molar-refractivity contribution in [3.63, 3.8) is 0 Å². The van der Waals surface area contributed by atoms with Crippen molar-refractivity contribution in [2.45, 2.75) is 26.1 Å². The van der Waals surface area contributed by atoms with E-state index in [1.165, 1.54) is 0 Å². The van der Waals surface area contributed by atoms with Crippen LogP contribution in [-0.4, -0.2) is 18.3 Å². The van der Waals surface area contributed by atoms with Crippen LogP contribution in [0.3, 0.4) is 0 Å². The first kappa shape index (κ1) is 23.3. The number of phenolic OH excluding ortho intramolecular Hbond substituents is 1. The van der Waals surface area contributed by atoms with E-state index in [1.54, 1.807) is 12.1 Å². The molecule has 0 radical (unpaired) electrons. The lowest BCUT2D eigenvalue weighted by Gasteiger charge is -2.34. The van der Waals surface area contributed by atoms with Crippen LogP contribution in [0.25, 0.3) is 5.70 Å². The molecule has 1 aliphatic heterocycles. The van der Waals surface area contributed by atoms with E-state index in [1.807, 2.05) is 68.5 Å². The maximum atomic E-state index is 10.9. The minimum absolute atomic E-state index is 0.113. The Kier molecular flexibility index (Phi) is 7.33. The summed E-state index contributed by atoms with van der Waals surface area (Å²) in [6, 6.07) is 18.5. The monoisotopic (exact) mass is 484 g/mol. The van der Waals surface area contributed by atoms with Gasteiger partial charge in [-0.1, -0.05) is 41.4 Å². The molecule has 0 saturated carbocycles. The molecule has 0 aliphatic carbocycles. The summed E-state index contributed by atoms with van der Waals surface area (Å²) >= 11 is 12.7. The fourth-order valence-electron chi connectivity index (χ4n) is 3.86. The van der Waals surface area contributed by atoms with Crippen molar-refractivity contribution in [2.24, 2.45) is 0 Å². The Hall–Kier alpha value is -2.86. The van der Waals surface area contributed by atoms with Gasteiger partial charge in [-0.05, 0) is 68.0 Å². The van der Waals surface area contributed by atoms with Gasteiger partial charge in [0.25, 0.3) is 0 Å². The summed E-state index contributed by atoms with van der Waals surface area (Å²) in [5.74, 6) is 1.38. The highest BCUT2D eigenvalue weighted by Crippen LogP contribution is 2.39. The van der Waals surface area contributed by atoms with Gasteiger partial charge in [-0.25, -0.2) is 0 Å². The van der Waals surface area contributed by atoms with Crippen molar-refractivity contribution in [1.29, 1.82) is 0 Å². The topological polar surface area (TPSA) is 62.8 Å². The predicted molar refractivity (Wildman–Crippen MR) is 133 cm³/mol. The summed E-state index contributed by atoms with van der Waals surface area (Å²) in [4.78, 5) is 0. The van der Waals surface area contributed by atoms with E-state index in [-0.39, 0.29) is 18.0 Å². The van der Waals surface area contributed by atoms with E-state index >= 15 is 0 Å². The van der Waals surface area contributed by atoms with Crippen LogP contribution in [0, 0.1) is 0 Å². The Morgan fingerprint density at radius 2 is 1.67 bits per heavy atom. The lowest BCUT2D eigenvalue weighted by molar-refractivity contribution is 0.314. The summed E-state index contributed by atoms with van der Waals surface area (Å²) in [5, 5.41) is 19.1. The van der Waals surface area contributed by atoms with E-state index in [4.69, 9.17) is 32.7 Å². The van der Waals surface area contributed by atoms with Crippen LogP contribution < -0.4 is 20.1 Å². The molecule has 0 amide bonds. The number of nitrogens with one attached hydrogen (secondary N) is 2. The average molecular weight is 485 g/mol. The van der Waals surface area contributed by atoms with Gasteiger partial charge in [-0.3, -0.25) is 5.32 Å². The number of ether oxygens (including phenoxy) is 2. The van der Waals surface area contributed by atoms with Crippen molar-refractivity contribution in [1.82, 2.24) is 10.6 Å². The summed E-state index contributed by atoms with van der Waals surface area (Å²) in [6.45, 7) is 4.92. The van der Waals surface area contributed by atoms with Gasteiger partial charge in [0.05, 0.1) is 19.3 Å². The smallest absolute Gasteiger partial charge is 0.162 e. The van der Waals surface area contributed by atoms with Crippen LogP contribution in [0.2, 0.25) is 10.0 Å². The standard InChI is InChI=1S/C26H26Cl2N2O3/c1-3-32-18-11-8-16(9-12-18)22-15-23(20-6-5-7-24(25(20)31)33-4-2)30-26(29-22)19-13-10-17(27)14-21(19)28/h5-15,23,26,29-31H,3-4H2,1-2H3. The summed E-state index contributed by atoms with van der Waals surface area (Å²) in [7, 11) is 0. The van der Waals surface area contributed by atoms with Crippen molar-refractivity contribution < 1.29 is 14.6 Å². The molecule has 172 valence electrons. The van der Waals surface area contributed by atoms with Crippen LogP contribution in [0.5, 0.6) is 17.2 Å². The number of rotatable bonds is 7. The first-order valence-corrected chi connectivity index (χ1v) is 11.6. The van der Waals surface area contributed by atoms with Gasteiger partial charge in [0, 0.05) is 26.9 Å². The molecule has 5 nitrogen and oxygen atoms in total. The Balaban J connectivity index is 1.75. The Labute approximate surface area is 203 Å². The first-order chi connectivity index (χ1) is 16.0. The first-order valence-electron chi connectivity index (χ1n) is 10.9. The summed E-state index contributed by atoms with van der Waals surface area (Å²) < 4.78 is 11.2. The molecule has 2 atom stereocenters. The molecule has 2 unspecified atom stereocenters. The number of halogens is 2. The molecule has 3 aromatic rings. The highest BCUT2D eigenvalue weighted by molar-refractivity contribution is 6.35. The normalized spacial score (nSPS) is 17.8. The number of hydrogen-bond acceptors (Lipinski definition) is 5. The molecule has 33 heavy (non-hydrogen) atoms. The van der Waals surface area contributed by atoms with Crippen LogP contribution in [0.4, 0.5) is 0 Å². The number of para-hydroxylation sites is 1. The second-order valence-electron chi connectivity index (χ2n) is 7.55. The Morgan fingerprint density at radius 1 is 0.909 bits per heavy atom. The quantitative estimate of drug-likeness (QED) is 0.358. The van der Waals surface area contributed by atoms with E-state index in [9.17, 15) is 5.11 Å². The zero-order valence-corrected chi connectivity index (χ0v) is 20.0. The van der Waals surface area contributed by atoms with Gasteiger partial charge in [0.1, 0.15) is 11.9 Å². The van der Waals surface area contributed by atoms with Gasteiger partial charge in [0.2, 0.25) is 0 Å². The minimum Gasteiger partial charge on any atom is -0.504 e. The van der Waals surface area contributed by atoms with Crippen molar-refractivity contribution in [3.8, 4) is 17.2 Å². The zero-order valence-electron chi connectivity index (χ0n) is 18.4. The second-order valence-corrected chi connectivity index (χ2v) is 8.40. The fourth-order valence-corrected chi connectivity index (χ4v) is 4.38. The van der Waals surface area contributed by atoms with Gasteiger partial charge in [-0.15, -0.1) is 0 Å². The molecule has 4 rings (SSSR count). The molecule has 0 spiro atoms. The third kappa shape index (κ3) is 5.22. The molecule has 0 bridgehead atoms. The van der Waals surface area contributed by atoms with E-state index in [2.05, 4.69) is 10.6 Å². The number of phenols is 1.